The number of sulfonamides is 1. The molecule has 0 amide bonds. The summed E-state index contributed by atoms with van der Waals surface area (Å²) in [5, 5.41) is 3.79. The average molecular weight is 456 g/mol. The third-order valence-corrected chi connectivity index (χ3v) is 7.94. The van der Waals surface area contributed by atoms with Crippen molar-refractivity contribution < 1.29 is 17.7 Å². The number of piperazine rings is 1. The molecule has 0 unspecified atom stereocenters. The summed E-state index contributed by atoms with van der Waals surface area (Å²) in [6.07, 6.45) is -0.126. The molecule has 7 nitrogen and oxygen atoms in total. The standard InChI is InChI=1S/C24H29N3O4S/c1-19-24(20(2)31-25-19)32(28,29)27-15-13-26(14-16-27)17-18-30-23(21-9-5-3-6-10-21)22-11-7-4-8-12-22/h3-12,23H,13-18H2,1-2H3. The van der Waals surface area contributed by atoms with E-state index in [0.717, 1.165) is 17.7 Å². The van der Waals surface area contributed by atoms with Crippen molar-refractivity contribution in [1.82, 2.24) is 14.4 Å². The molecule has 32 heavy (non-hydrogen) atoms. The van der Waals surface area contributed by atoms with E-state index in [9.17, 15) is 8.42 Å². The van der Waals surface area contributed by atoms with Gasteiger partial charge in [0.2, 0.25) is 10.0 Å². The Labute approximate surface area is 189 Å². The van der Waals surface area contributed by atoms with Crippen LogP contribution >= 0.6 is 0 Å². The van der Waals surface area contributed by atoms with E-state index in [1.807, 2.05) is 36.4 Å². The lowest BCUT2D eigenvalue weighted by Gasteiger charge is -2.34. The van der Waals surface area contributed by atoms with Gasteiger partial charge in [-0.05, 0) is 25.0 Å². The Morgan fingerprint density at radius 2 is 1.50 bits per heavy atom. The number of rotatable bonds is 8. The highest BCUT2D eigenvalue weighted by atomic mass is 32.2. The van der Waals surface area contributed by atoms with E-state index in [4.69, 9.17) is 9.26 Å². The molecule has 170 valence electrons. The van der Waals surface area contributed by atoms with Crippen LogP contribution in [0.5, 0.6) is 0 Å². The second-order valence-electron chi connectivity index (χ2n) is 7.97. The van der Waals surface area contributed by atoms with Crippen LogP contribution in [0.4, 0.5) is 0 Å². The molecule has 8 heteroatoms. The van der Waals surface area contributed by atoms with Crippen molar-refractivity contribution in [2.45, 2.75) is 24.8 Å². The third-order valence-electron chi connectivity index (χ3n) is 5.79. The van der Waals surface area contributed by atoms with Gasteiger partial charge in [-0.25, -0.2) is 8.42 Å². The minimum atomic E-state index is -3.59. The highest BCUT2D eigenvalue weighted by Gasteiger charge is 2.33. The quantitative estimate of drug-likeness (QED) is 0.518. The maximum atomic E-state index is 13.0. The van der Waals surface area contributed by atoms with Crippen LogP contribution in [-0.4, -0.2) is 62.1 Å². The number of ether oxygens (including phenoxy) is 1. The maximum Gasteiger partial charge on any atom is 0.248 e. The summed E-state index contributed by atoms with van der Waals surface area (Å²) in [5.74, 6) is 0.339. The van der Waals surface area contributed by atoms with Crippen LogP contribution in [0.1, 0.15) is 28.7 Å². The van der Waals surface area contributed by atoms with Crippen molar-refractivity contribution in [2.24, 2.45) is 0 Å². The van der Waals surface area contributed by atoms with Crippen molar-refractivity contribution >= 4 is 10.0 Å². The summed E-state index contributed by atoms with van der Waals surface area (Å²) in [6, 6.07) is 20.4. The van der Waals surface area contributed by atoms with Crippen LogP contribution in [0.25, 0.3) is 0 Å². The van der Waals surface area contributed by atoms with Crippen LogP contribution < -0.4 is 0 Å². The normalized spacial score (nSPS) is 16.0. The van der Waals surface area contributed by atoms with Crippen LogP contribution in [0.2, 0.25) is 0 Å². The second kappa shape index (κ2) is 9.95. The van der Waals surface area contributed by atoms with Gasteiger partial charge in [0.15, 0.2) is 5.76 Å². The van der Waals surface area contributed by atoms with Gasteiger partial charge in [-0.2, -0.15) is 4.31 Å². The van der Waals surface area contributed by atoms with Crippen molar-refractivity contribution in [3.63, 3.8) is 0 Å². The zero-order chi connectivity index (χ0) is 22.6. The van der Waals surface area contributed by atoms with Gasteiger partial charge in [0.05, 0.1) is 6.61 Å². The van der Waals surface area contributed by atoms with E-state index in [1.54, 1.807) is 13.8 Å². The van der Waals surface area contributed by atoms with Crippen LogP contribution in [0.15, 0.2) is 70.1 Å². The molecule has 0 atom stereocenters. The molecule has 1 fully saturated rings. The van der Waals surface area contributed by atoms with E-state index in [-0.39, 0.29) is 11.0 Å². The lowest BCUT2D eigenvalue weighted by molar-refractivity contribution is 0.0527. The molecule has 1 saturated heterocycles. The number of benzene rings is 2. The molecule has 1 aliphatic rings. The first-order valence-corrected chi connectivity index (χ1v) is 12.3. The van der Waals surface area contributed by atoms with Gasteiger partial charge in [-0.15, -0.1) is 0 Å². The zero-order valence-corrected chi connectivity index (χ0v) is 19.3. The van der Waals surface area contributed by atoms with E-state index >= 15 is 0 Å². The fourth-order valence-corrected chi connectivity index (χ4v) is 5.82. The average Bonchev–Trinajstić information content (AvgIpc) is 3.17. The summed E-state index contributed by atoms with van der Waals surface area (Å²) in [4.78, 5) is 2.44. The summed E-state index contributed by atoms with van der Waals surface area (Å²) >= 11 is 0. The molecule has 4 rings (SSSR count). The number of aromatic nitrogens is 1. The largest absolute Gasteiger partial charge is 0.367 e. The molecule has 0 spiro atoms. The smallest absolute Gasteiger partial charge is 0.248 e. The molecule has 2 aromatic carbocycles. The van der Waals surface area contributed by atoms with E-state index in [0.29, 0.717) is 44.2 Å². The SMILES string of the molecule is Cc1noc(C)c1S(=O)(=O)N1CCN(CCOC(c2ccccc2)c2ccccc2)CC1. The number of nitrogens with zero attached hydrogens (tertiary/aromatic N) is 3. The molecule has 0 aliphatic carbocycles. The Balaban J connectivity index is 1.34. The Morgan fingerprint density at radius 3 is 2.00 bits per heavy atom. The van der Waals surface area contributed by atoms with Gasteiger partial charge in [0.1, 0.15) is 16.7 Å². The second-order valence-corrected chi connectivity index (χ2v) is 9.85. The lowest BCUT2D eigenvalue weighted by atomic mass is 10.0. The fourth-order valence-electron chi connectivity index (χ4n) is 4.11. The van der Waals surface area contributed by atoms with Crippen molar-refractivity contribution in [3.05, 3.63) is 83.2 Å². The minimum absolute atomic E-state index is 0.126. The minimum Gasteiger partial charge on any atom is -0.367 e. The van der Waals surface area contributed by atoms with Crippen molar-refractivity contribution in [3.8, 4) is 0 Å². The number of hydrogen-bond acceptors (Lipinski definition) is 6. The maximum absolute atomic E-state index is 13.0. The van der Waals surface area contributed by atoms with Gasteiger partial charge >= 0.3 is 0 Å². The van der Waals surface area contributed by atoms with Gasteiger partial charge < -0.3 is 9.26 Å². The molecule has 0 radical (unpaired) electrons. The molecular formula is C24H29N3O4S. The highest BCUT2D eigenvalue weighted by Crippen LogP contribution is 2.26. The molecule has 1 aromatic heterocycles. The predicted octanol–water partition coefficient (Wildman–Crippen LogP) is 3.40. The van der Waals surface area contributed by atoms with Crippen molar-refractivity contribution in [2.75, 3.05) is 39.3 Å². The summed E-state index contributed by atoms with van der Waals surface area (Å²) in [5.41, 5.74) is 2.65. The first-order valence-electron chi connectivity index (χ1n) is 10.8. The Kier molecular flexibility index (Phi) is 7.05. The summed E-state index contributed by atoms with van der Waals surface area (Å²) in [7, 11) is -3.59. The first-order chi connectivity index (χ1) is 15.5. The molecule has 0 bridgehead atoms. The Hall–Kier alpha value is -2.52. The Morgan fingerprint density at radius 1 is 0.938 bits per heavy atom. The molecule has 3 aromatic rings. The monoisotopic (exact) mass is 455 g/mol. The fraction of sp³-hybridized carbons (Fsp3) is 0.375. The molecular weight excluding hydrogens is 426 g/mol. The lowest BCUT2D eigenvalue weighted by Crippen LogP contribution is -2.49. The van der Waals surface area contributed by atoms with Gasteiger partial charge in [0.25, 0.3) is 0 Å². The summed E-state index contributed by atoms with van der Waals surface area (Å²) in [6.45, 7) is 6.80. The van der Waals surface area contributed by atoms with Crippen LogP contribution in [0.3, 0.4) is 0 Å². The van der Waals surface area contributed by atoms with Gasteiger partial charge in [0, 0.05) is 32.7 Å². The van der Waals surface area contributed by atoms with E-state index < -0.39 is 10.0 Å². The van der Waals surface area contributed by atoms with Crippen molar-refractivity contribution in [1.29, 1.82) is 0 Å². The molecule has 1 aliphatic heterocycles. The molecule has 2 heterocycles. The van der Waals surface area contributed by atoms with E-state index in [2.05, 4.69) is 34.3 Å². The molecule has 0 saturated carbocycles. The number of hydrogen-bond donors (Lipinski definition) is 0. The highest BCUT2D eigenvalue weighted by molar-refractivity contribution is 7.89. The van der Waals surface area contributed by atoms with Gasteiger partial charge in [-0.3, -0.25) is 4.90 Å². The number of aryl methyl sites for hydroxylation is 2. The zero-order valence-electron chi connectivity index (χ0n) is 18.5. The molecule has 0 N–H and O–H groups in total. The van der Waals surface area contributed by atoms with Crippen LogP contribution in [0, 0.1) is 13.8 Å². The summed E-state index contributed by atoms with van der Waals surface area (Å²) < 4.78 is 38.9. The Bertz CT molecular complexity index is 1050. The first kappa shape index (κ1) is 22.7. The third kappa shape index (κ3) is 4.94. The van der Waals surface area contributed by atoms with Crippen LogP contribution in [-0.2, 0) is 14.8 Å². The predicted molar refractivity (Wildman–Crippen MR) is 122 cm³/mol. The van der Waals surface area contributed by atoms with E-state index in [1.165, 1.54) is 4.31 Å². The topological polar surface area (TPSA) is 75.9 Å². The van der Waals surface area contributed by atoms with Gasteiger partial charge in [-0.1, -0.05) is 65.8 Å².